The quantitative estimate of drug-likeness (QED) is 0.0179. The number of hydrogen-bond acceptors (Lipinski definition) is 13. The standard InChI is InChI=1S/C50H74N16O12/c1-27(2)23-35(64-48(78)37(25-29-13-7-4-8-14-29)65-44(74)32-17-19-39(68)59-32)46(76)66-36(24-28-11-5-3-6-12-28)47(77)61-30(15-9-21-57-49(53)54)42(72)62-33(18-20-40(69)70)45(75)60-31(16-10-22-58-50(55)56)43(73)63-34(41(52)71)26-38(51)67/h3-8,11-14,27,30-37H,9-10,15-26H2,1-2H3,(H2,51,67)(H2,52,71)(H,59,68)(H,60,75)(H,61,77)(H,62,72)(H,63,73)(H,64,78)(H,65,74)(H,66,76)(H,69,70)(H4,53,54,57)(H4,55,56,58)/t30-,31-,32-,33-,34-,35-,36-,37-/m0/s1. The molecule has 2 aromatic rings. The number of guanidine groups is 2. The molecule has 0 aliphatic carbocycles. The number of carboxylic acid groups (broad SMARTS) is 1. The third-order valence-corrected chi connectivity index (χ3v) is 12.0. The van der Waals surface area contributed by atoms with Gasteiger partial charge in [-0.05, 0) is 62.0 Å². The zero-order valence-electron chi connectivity index (χ0n) is 43.7. The number of aliphatic imine (C=N–C) groups is 2. The smallest absolute Gasteiger partial charge is 0.303 e. The first-order valence-corrected chi connectivity index (χ1v) is 25.3. The normalized spacial score (nSPS) is 15.4. The van der Waals surface area contributed by atoms with Crippen LogP contribution in [0.5, 0.6) is 0 Å². The Morgan fingerprint density at radius 2 is 0.962 bits per heavy atom. The van der Waals surface area contributed by atoms with E-state index in [0.717, 1.165) is 0 Å². The van der Waals surface area contributed by atoms with Crippen LogP contribution in [0.25, 0.3) is 0 Å². The minimum Gasteiger partial charge on any atom is -0.481 e. The molecule has 0 saturated carbocycles. The van der Waals surface area contributed by atoms with Crippen molar-refractivity contribution in [2.45, 2.75) is 139 Å². The second-order valence-corrected chi connectivity index (χ2v) is 19.0. The molecule has 0 spiro atoms. The average Bonchev–Trinajstić information content (AvgIpc) is 3.82. The lowest BCUT2D eigenvalue weighted by Crippen LogP contribution is -2.60. The van der Waals surface area contributed by atoms with E-state index in [9.17, 15) is 57.8 Å². The second-order valence-electron chi connectivity index (χ2n) is 19.0. The lowest BCUT2D eigenvalue weighted by atomic mass is 9.99. The first kappa shape index (κ1) is 63.4. The third kappa shape index (κ3) is 23.8. The molecule has 2 aromatic carbocycles. The number of carbonyl (C=O) groups is 11. The van der Waals surface area contributed by atoms with Crippen molar-refractivity contribution in [3.05, 3.63) is 71.8 Å². The largest absolute Gasteiger partial charge is 0.481 e. The van der Waals surface area contributed by atoms with Crippen molar-refractivity contribution in [1.29, 1.82) is 0 Å². The zero-order chi connectivity index (χ0) is 57.9. The highest BCUT2D eigenvalue weighted by molar-refractivity contribution is 5.99. The molecule has 1 aliphatic heterocycles. The van der Waals surface area contributed by atoms with Crippen LogP contribution in [0, 0.1) is 5.92 Å². The molecule has 28 heteroatoms. The molecule has 426 valence electrons. The number of primary amides is 2. The Labute approximate surface area is 450 Å². The van der Waals surface area contributed by atoms with Crippen molar-refractivity contribution < 1.29 is 57.8 Å². The van der Waals surface area contributed by atoms with E-state index in [1.54, 1.807) is 74.5 Å². The van der Waals surface area contributed by atoms with Gasteiger partial charge in [0, 0.05) is 38.8 Å². The van der Waals surface area contributed by atoms with E-state index in [2.05, 4.69) is 52.5 Å². The highest BCUT2D eigenvalue weighted by Crippen LogP contribution is 2.14. The fourth-order valence-corrected chi connectivity index (χ4v) is 8.04. The van der Waals surface area contributed by atoms with Gasteiger partial charge in [0.25, 0.3) is 0 Å². The number of nitrogens with zero attached hydrogens (tertiary/aromatic N) is 2. The minimum absolute atomic E-state index is 0.0198. The molecule has 21 N–H and O–H groups in total. The summed E-state index contributed by atoms with van der Waals surface area (Å²) >= 11 is 0. The van der Waals surface area contributed by atoms with Crippen molar-refractivity contribution in [3.8, 4) is 0 Å². The lowest BCUT2D eigenvalue weighted by molar-refractivity contribution is -0.139. The van der Waals surface area contributed by atoms with E-state index in [1.807, 2.05) is 0 Å². The van der Waals surface area contributed by atoms with Crippen LogP contribution in [-0.2, 0) is 65.6 Å². The van der Waals surface area contributed by atoms with Crippen molar-refractivity contribution in [1.82, 2.24) is 42.5 Å². The van der Waals surface area contributed by atoms with E-state index in [-0.39, 0.29) is 94.6 Å². The number of amides is 10. The monoisotopic (exact) mass is 1090 g/mol. The Balaban J connectivity index is 1.98. The number of benzene rings is 2. The summed E-state index contributed by atoms with van der Waals surface area (Å²) in [5, 5.41) is 30.2. The molecule has 1 aliphatic rings. The Hall–Kier alpha value is -8.85. The second kappa shape index (κ2) is 32.6. The number of hydrogen-bond donors (Lipinski definition) is 15. The van der Waals surface area contributed by atoms with E-state index in [4.69, 9.17) is 34.4 Å². The Morgan fingerprint density at radius 3 is 1.36 bits per heavy atom. The van der Waals surface area contributed by atoms with Crippen molar-refractivity contribution in [3.63, 3.8) is 0 Å². The molecule has 0 unspecified atom stereocenters. The predicted molar refractivity (Wildman–Crippen MR) is 284 cm³/mol. The predicted octanol–water partition coefficient (Wildman–Crippen LogP) is -4.48. The summed E-state index contributed by atoms with van der Waals surface area (Å²) in [5.74, 6) is -10.7. The summed E-state index contributed by atoms with van der Waals surface area (Å²) in [5.41, 5.74) is 33.7. The number of nitrogens with two attached hydrogens (primary N) is 6. The molecular weight excluding hydrogens is 1020 g/mol. The maximum absolute atomic E-state index is 14.6. The fraction of sp³-hybridized carbons (Fsp3) is 0.500. The fourth-order valence-electron chi connectivity index (χ4n) is 8.04. The number of rotatable bonds is 34. The first-order chi connectivity index (χ1) is 36.9. The SMILES string of the molecule is CC(C)C[C@H](NC(=O)[C@H](Cc1ccccc1)NC(=O)[C@@H]1CCC(=O)N1)C(=O)N[C@@H](Cc1ccccc1)C(=O)N[C@@H](CCCN=C(N)N)C(=O)N[C@@H](CCC(=O)O)C(=O)N[C@@H](CCCN=C(N)N)C(=O)N[C@@H](CC(N)=O)C(N)=O. The van der Waals surface area contributed by atoms with Crippen LogP contribution in [0.3, 0.4) is 0 Å². The molecule has 1 fully saturated rings. The Kier molecular flexibility index (Phi) is 26.5. The Morgan fingerprint density at radius 1 is 0.564 bits per heavy atom. The van der Waals surface area contributed by atoms with E-state index in [0.29, 0.717) is 11.1 Å². The van der Waals surface area contributed by atoms with Crippen LogP contribution in [0.2, 0.25) is 0 Å². The molecule has 8 atom stereocenters. The van der Waals surface area contributed by atoms with Gasteiger partial charge in [-0.15, -0.1) is 0 Å². The summed E-state index contributed by atoms with van der Waals surface area (Å²) in [7, 11) is 0. The summed E-state index contributed by atoms with van der Waals surface area (Å²) < 4.78 is 0. The van der Waals surface area contributed by atoms with E-state index in [1.165, 1.54) is 0 Å². The summed E-state index contributed by atoms with van der Waals surface area (Å²) in [4.78, 5) is 154. The highest BCUT2D eigenvalue weighted by atomic mass is 16.4. The molecule has 0 aromatic heterocycles. The number of nitrogens with one attached hydrogen (secondary N) is 8. The summed E-state index contributed by atoms with van der Waals surface area (Å²) in [6.45, 7) is 3.54. The van der Waals surface area contributed by atoms with Crippen LogP contribution in [0.1, 0.15) is 89.2 Å². The molecule has 0 bridgehead atoms. The molecule has 3 rings (SSSR count). The van der Waals surface area contributed by atoms with Gasteiger partial charge in [0.1, 0.15) is 48.3 Å². The molecule has 1 heterocycles. The van der Waals surface area contributed by atoms with Gasteiger partial charge in [0.2, 0.25) is 59.1 Å². The van der Waals surface area contributed by atoms with Crippen LogP contribution in [0.4, 0.5) is 0 Å². The van der Waals surface area contributed by atoms with Crippen LogP contribution in [-0.4, -0.2) is 143 Å². The van der Waals surface area contributed by atoms with Gasteiger partial charge < -0.3 is 82.0 Å². The van der Waals surface area contributed by atoms with Gasteiger partial charge in [-0.2, -0.15) is 0 Å². The minimum atomic E-state index is -1.69. The van der Waals surface area contributed by atoms with Gasteiger partial charge in [-0.25, -0.2) is 0 Å². The Bertz CT molecular complexity index is 2470. The topological polar surface area (TPSA) is 485 Å². The average molecular weight is 1090 g/mol. The van der Waals surface area contributed by atoms with E-state index < -0.39 is 127 Å². The maximum Gasteiger partial charge on any atom is 0.303 e. The number of aliphatic carboxylic acids is 1. The van der Waals surface area contributed by atoms with Gasteiger partial charge >= 0.3 is 5.97 Å². The van der Waals surface area contributed by atoms with Crippen LogP contribution in [0.15, 0.2) is 70.6 Å². The molecule has 78 heavy (non-hydrogen) atoms. The summed E-state index contributed by atoms with van der Waals surface area (Å²) in [6.07, 6.45) is -1.88. The molecule has 10 amide bonds. The van der Waals surface area contributed by atoms with Crippen LogP contribution < -0.4 is 76.9 Å². The zero-order valence-corrected chi connectivity index (χ0v) is 43.7. The summed E-state index contributed by atoms with van der Waals surface area (Å²) in [6, 6.07) is 6.20. The van der Waals surface area contributed by atoms with Gasteiger partial charge in [0.15, 0.2) is 11.9 Å². The molecule has 1 saturated heterocycles. The molecular formula is C50H74N16O12. The number of carbonyl (C=O) groups excluding carboxylic acids is 10. The van der Waals surface area contributed by atoms with Gasteiger partial charge in [-0.3, -0.25) is 62.7 Å². The third-order valence-electron chi connectivity index (χ3n) is 12.0. The lowest BCUT2D eigenvalue weighted by Gasteiger charge is -2.28. The molecule has 28 nitrogen and oxygen atoms in total. The first-order valence-electron chi connectivity index (χ1n) is 25.3. The van der Waals surface area contributed by atoms with Crippen molar-refractivity contribution in [2.75, 3.05) is 13.1 Å². The van der Waals surface area contributed by atoms with Crippen LogP contribution >= 0.6 is 0 Å². The number of carboxylic acids is 1. The van der Waals surface area contributed by atoms with Gasteiger partial charge in [-0.1, -0.05) is 74.5 Å². The molecule has 0 radical (unpaired) electrons. The van der Waals surface area contributed by atoms with Gasteiger partial charge in [0.05, 0.1) is 6.42 Å². The van der Waals surface area contributed by atoms with Crippen molar-refractivity contribution in [2.24, 2.45) is 50.3 Å². The van der Waals surface area contributed by atoms with Crippen molar-refractivity contribution >= 4 is 77.0 Å². The van der Waals surface area contributed by atoms with E-state index >= 15 is 0 Å². The highest BCUT2D eigenvalue weighted by Gasteiger charge is 2.36. The maximum atomic E-state index is 14.6.